The van der Waals surface area contributed by atoms with Crippen LogP contribution < -0.4 is 0 Å². The van der Waals surface area contributed by atoms with Crippen molar-refractivity contribution in [3.8, 4) is 0 Å². The molecule has 0 aliphatic heterocycles. The van der Waals surface area contributed by atoms with E-state index in [1.807, 2.05) is 17.6 Å². The molecule has 0 aliphatic carbocycles. The number of fused-ring (bicyclic) bond motifs is 1. The lowest BCUT2D eigenvalue weighted by molar-refractivity contribution is 0.0699. The van der Waals surface area contributed by atoms with Crippen molar-refractivity contribution in [1.29, 1.82) is 0 Å². The predicted molar refractivity (Wildman–Crippen MR) is 72.5 cm³/mol. The number of hydrogen-bond acceptors (Lipinski definition) is 3. The van der Waals surface area contributed by atoms with E-state index < -0.39 is 5.97 Å². The quantitative estimate of drug-likeness (QED) is 0.898. The molecule has 0 radical (unpaired) electrons. The number of hydrogen-bond donors (Lipinski definition) is 1. The molecular weight excluding hydrogens is 244 g/mol. The molecule has 5 heteroatoms. The van der Waals surface area contributed by atoms with Gasteiger partial charge in [-0.25, -0.2) is 9.78 Å². The Morgan fingerprint density at radius 2 is 2.26 bits per heavy atom. The van der Waals surface area contributed by atoms with Gasteiger partial charge in [0.2, 0.25) is 0 Å². The van der Waals surface area contributed by atoms with Gasteiger partial charge in [-0.1, -0.05) is 13.0 Å². The maximum absolute atomic E-state index is 11.2. The number of imidazole rings is 1. The summed E-state index contributed by atoms with van der Waals surface area (Å²) in [6, 6.07) is 5.24. The van der Waals surface area contributed by atoms with E-state index in [0.29, 0.717) is 18.0 Å². The van der Waals surface area contributed by atoms with Crippen molar-refractivity contribution in [1.82, 2.24) is 9.55 Å². The molecule has 1 aromatic carbocycles. The highest BCUT2D eigenvalue weighted by Gasteiger charge is 2.16. The highest BCUT2D eigenvalue weighted by molar-refractivity contribution is 6.01. The lowest BCUT2D eigenvalue weighted by atomic mass is 10.1. The van der Waals surface area contributed by atoms with E-state index in [2.05, 4.69) is 11.9 Å². The Kier molecular flexibility index (Phi) is 3.85. The molecule has 1 unspecified atom stereocenters. The molecule has 0 spiro atoms. The Morgan fingerprint density at radius 1 is 1.53 bits per heavy atom. The number of benzene rings is 1. The van der Waals surface area contributed by atoms with Gasteiger partial charge in [0.1, 0.15) is 11.3 Å². The van der Waals surface area contributed by atoms with Crippen molar-refractivity contribution in [2.75, 3.05) is 13.7 Å². The molecule has 2 aromatic rings. The van der Waals surface area contributed by atoms with E-state index in [1.54, 1.807) is 19.2 Å². The molecule has 1 aromatic heterocycles. The minimum Gasteiger partial charge on any atom is -0.478 e. The van der Waals surface area contributed by atoms with Gasteiger partial charge in [0.25, 0.3) is 0 Å². The number of para-hydroxylation sites is 1. The van der Waals surface area contributed by atoms with Crippen molar-refractivity contribution >= 4 is 17.0 Å². The van der Waals surface area contributed by atoms with Crippen molar-refractivity contribution in [2.45, 2.75) is 20.4 Å². The molecule has 0 aliphatic rings. The number of methoxy groups -OCH3 is 1. The molecule has 1 heterocycles. The second-order valence-corrected chi connectivity index (χ2v) is 4.81. The average molecular weight is 262 g/mol. The minimum absolute atomic E-state index is 0.249. The van der Waals surface area contributed by atoms with Crippen LogP contribution in [0.1, 0.15) is 23.1 Å². The monoisotopic (exact) mass is 262 g/mol. The summed E-state index contributed by atoms with van der Waals surface area (Å²) in [5.74, 6) is 0.224. The molecule has 0 bridgehead atoms. The molecule has 1 atom stereocenters. The molecule has 0 saturated carbocycles. The Hall–Kier alpha value is -1.88. The van der Waals surface area contributed by atoms with Crippen LogP contribution in [0.3, 0.4) is 0 Å². The standard InChI is InChI=1S/C14H18N2O3/c1-9(8-19-3)7-16-10(2)15-13-11(14(17)18)5-4-6-12(13)16/h4-6,9H,7-8H2,1-3H3,(H,17,18). The van der Waals surface area contributed by atoms with E-state index >= 15 is 0 Å². The van der Waals surface area contributed by atoms with Crippen molar-refractivity contribution in [3.05, 3.63) is 29.6 Å². The van der Waals surface area contributed by atoms with Crippen LogP contribution in [-0.2, 0) is 11.3 Å². The Morgan fingerprint density at radius 3 is 2.89 bits per heavy atom. The summed E-state index contributed by atoms with van der Waals surface area (Å²) < 4.78 is 7.19. The number of carboxylic acids is 1. The van der Waals surface area contributed by atoms with Crippen LogP contribution in [0.25, 0.3) is 11.0 Å². The minimum atomic E-state index is -0.944. The SMILES string of the molecule is COCC(C)Cn1c(C)nc2c(C(=O)O)cccc21. The van der Waals surface area contributed by atoms with Gasteiger partial charge in [0.05, 0.1) is 17.7 Å². The Labute approximate surface area is 111 Å². The maximum Gasteiger partial charge on any atom is 0.337 e. The summed E-state index contributed by atoms with van der Waals surface area (Å²) in [5.41, 5.74) is 1.66. The number of carbonyl (C=O) groups is 1. The zero-order chi connectivity index (χ0) is 14.0. The van der Waals surface area contributed by atoms with Gasteiger partial charge in [-0.05, 0) is 25.0 Å². The van der Waals surface area contributed by atoms with E-state index in [1.165, 1.54) is 0 Å². The van der Waals surface area contributed by atoms with Crippen molar-refractivity contribution in [2.24, 2.45) is 5.92 Å². The first-order valence-corrected chi connectivity index (χ1v) is 6.22. The molecule has 0 saturated heterocycles. The van der Waals surface area contributed by atoms with Gasteiger partial charge in [-0.15, -0.1) is 0 Å². The fourth-order valence-corrected chi connectivity index (χ4v) is 2.32. The molecule has 0 amide bonds. The summed E-state index contributed by atoms with van der Waals surface area (Å²) >= 11 is 0. The summed E-state index contributed by atoms with van der Waals surface area (Å²) in [4.78, 5) is 15.6. The Balaban J connectivity index is 2.48. The van der Waals surface area contributed by atoms with Crippen LogP contribution in [-0.4, -0.2) is 34.3 Å². The van der Waals surface area contributed by atoms with Gasteiger partial charge in [-0.2, -0.15) is 0 Å². The van der Waals surface area contributed by atoms with Crippen LogP contribution in [0, 0.1) is 12.8 Å². The van der Waals surface area contributed by atoms with Gasteiger partial charge in [-0.3, -0.25) is 0 Å². The van der Waals surface area contributed by atoms with Crippen LogP contribution in [0.2, 0.25) is 0 Å². The van der Waals surface area contributed by atoms with Crippen LogP contribution >= 0.6 is 0 Å². The van der Waals surface area contributed by atoms with Crippen molar-refractivity contribution < 1.29 is 14.6 Å². The maximum atomic E-state index is 11.2. The number of ether oxygens (including phenoxy) is 1. The van der Waals surface area contributed by atoms with Crippen LogP contribution in [0.5, 0.6) is 0 Å². The second kappa shape index (κ2) is 5.40. The van der Waals surface area contributed by atoms with E-state index in [0.717, 1.165) is 17.9 Å². The van der Waals surface area contributed by atoms with E-state index in [4.69, 9.17) is 4.74 Å². The van der Waals surface area contributed by atoms with E-state index in [9.17, 15) is 9.90 Å². The lowest BCUT2D eigenvalue weighted by Gasteiger charge is -2.13. The highest BCUT2D eigenvalue weighted by atomic mass is 16.5. The average Bonchev–Trinajstić information content (AvgIpc) is 2.66. The Bertz CT molecular complexity index is 604. The number of rotatable bonds is 5. The number of aromatic carboxylic acids is 1. The number of carboxylic acid groups (broad SMARTS) is 1. The summed E-state index contributed by atoms with van der Waals surface area (Å²) in [7, 11) is 1.68. The van der Waals surface area contributed by atoms with Gasteiger partial charge >= 0.3 is 5.97 Å². The van der Waals surface area contributed by atoms with Crippen LogP contribution in [0.4, 0.5) is 0 Å². The molecule has 102 valence electrons. The van der Waals surface area contributed by atoms with Gasteiger partial charge in [0, 0.05) is 13.7 Å². The fraction of sp³-hybridized carbons (Fsp3) is 0.429. The molecule has 2 rings (SSSR count). The first-order chi connectivity index (χ1) is 9.04. The molecular formula is C14H18N2O3. The zero-order valence-corrected chi connectivity index (χ0v) is 11.4. The lowest BCUT2D eigenvalue weighted by Crippen LogP contribution is -2.13. The zero-order valence-electron chi connectivity index (χ0n) is 11.4. The number of aryl methyl sites for hydroxylation is 1. The third-order valence-corrected chi connectivity index (χ3v) is 3.15. The third-order valence-electron chi connectivity index (χ3n) is 3.15. The number of aromatic nitrogens is 2. The number of nitrogens with zero attached hydrogens (tertiary/aromatic N) is 2. The van der Waals surface area contributed by atoms with Crippen LogP contribution in [0.15, 0.2) is 18.2 Å². The largest absolute Gasteiger partial charge is 0.478 e. The molecule has 0 fully saturated rings. The smallest absolute Gasteiger partial charge is 0.337 e. The van der Waals surface area contributed by atoms with E-state index in [-0.39, 0.29) is 5.56 Å². The normalized spacial score (nSPS) is 12.8. The molecule has 1 N–H and O–H groups in total. The summed E-state index contributed by atoms with van der Waals surface area (Å²) in [6.45, 7) is 5.41. The second-order valence-electron chi connectivity index (χ2n) is 4.81. The van der Waals surface area contributed by atoms with Gasteiger partial charge < -0.3 is 14.4 Å². The molecule has 19 heavy (non-hydrogen) atoms. The summed E-state index contributed by atoms with van der Waals surface area (Å²) in [6.07, 6.45) is 0. The topological polar surface area (TPSA) is 64.4 Å². The first kappa shape index (κ1) is 13.5. The highest BCUT2D eigenvalue weighted by Crippen LogP contribution is 2.21. The first-order valence-electron chi connectivity index (χ1n) is 6.22. The predicted octanol–water partition coefficient (Wildman–Crippen LogP) is 2.33. The third kappa shape index (κ3) is 2.61. The van der Waals surface area contributed by atoms with Crippen molar-refractivity contribution in [3.63, 3.8) is 0 Å². The van der Waals surface area contributed by atoms with Gasteiger partial charge in [0.15, 0.2) is 0 Å². The fourth-order valence-electron chi connectivity index (χ4n) is 2.32. The molecule has 5 nitrogen and oxygen atoms in total. The summed E-state index contributed by atoms with van der Waals surface area (Å²) in [5, 5.41) is 9.18.